The van der Waals surface area contributed by atoms with Crippen LogP contribution in [0.3, 0.4) is 0 Å². The number of amides is 2. The highest BCUT2D eigenvalue weighted by Crippen LogP contribution is 2.25. The third kappa shape index (κ3) is 7.57. The van der Waals surface area contributed by atoms with Crippen molar-refractivity contribution in [2.24, 2.45) is 0 Å². The van der Waals surface area contributed by atoms with E-state index in [0.717, 1.165) is 32.6 Å². The average Bonchev–Trinajstić information content (AvgIpc) is 2.76. The molecule has 0 aliphatic carbocycles. The maximum atomic E-state index is 13.5. The van der Waals surface area contributed by atoms with E-state index in [0.29, 0.717) is 5.69 Å². The Hall–Kier alpha value is -2.39. The van der Waals surface area contributed by atoms with Crippen LogP contribution in [0.25, 0.3) is 0 Å². The molecule has 0 aromatic heterocycles. The van der Waals surface area contributed by atoms with Gasteiger partial charge in [0.2, 0.25) is 21.8 Å². The Morgan fingerprint density at radius 3 is 2.27 bits per heavy atom. The monoisotopic (exact) mass is 537 g/mol. The number of benzene rings is 2. The summed E-state index contributed by atoms with van der Waals surface area (Å²) in [5.74, 6) is -0.740. The van der Waals surface area contributed by atoms with E-state index in [1.54, 1.807) is 25.1 Å². The van der Waals surface area contributed by atoms with E-state index in [1.807, 2.05) is 51.1 Å². The van der Waals surface area contributed by atoms with E-state index in [4.69, 9.17) is 0 Å². The van der Waals surface area contributed by atoms with Crippen molar-refractivity contribution in [3.05, 3.63) is 64.1 Å². The van der Waals surface area contributed by atoms with Crippen LogP contribution in [0.15, 0.2) is 53.0 Å². The zero-order valence-electron chi connectivity index (χ0n) is 19.7. The molecule has 7 nitrogen and oxygen atoms in total. The van der Waals surface area contributed by atoms with Gasteiger partial charge in [-0.15, -0.1) is 0 Å². The van der Waals surface area contributed by atoms with Gasteiger partial charge in [0.05, 0.1) is 11.9 Å². The molecule has 0 heterocycles. The molecule has 0 fully saturated rings. The first-order valence-electron chi connectivity index (χ1n) is 10.8. The number of rotatable bonds is 10. The maximum absolute atomic E-state index is 13.5. The minimum absolute atomic E-state index is 0.0353. The molecule has 0 radical (unpaired) electrons. The van der Waals surface area contributed by atoms with Gasteiger partial charge in [0.25, 0.3) is 0 Å². The predicted octanol–water partition coefficient (Wildman–Crippen LogP) is 3.86. The van der Waals surface area contributed by atoms with Crippen molar-refractivity contribution >= 4 is 43.5 Å². The van der Waals surface area contributed by atoms with Gasteiger partial charge in [-0.3, -0.25) is 13.9 Å². The first kappa shape index (κ1) is 26.9. The molecule has 0 bridgehead atoms. The molecule has 180 valence electrons. The number of carbonyl (C=O) groups excluding carboxylic acids is 2. The van der Waals surface area contributed by atoms with Crippen molar-refractivity contribution < 1.29 is 18.0 Å². The summed E-state index contributed by atoms with van der Waals surface area (Å²) < 4.78 is 27.1. The molecule has 2 rings (SSSR count). The lowest BCUT2D eigenvalue weighted by molar-refractivity contribution is -0.139. The fourth-order valence-corrected chi connectivity index (χ4v) is 4.31. The smallest absolute Gasteiger partial charge is 0.244 e. The van der Waals surface area contributed by atoms with Gasteiger partial charge in [0, 0.05) is 17.1 Å². The molecular formula is C24H32BrN3O4S. The number of carbonyl (C=O) groups is 2. The first-order valence-corrected chi connectivity index (χ1v) is 13.5. The standard InChI is InChI=1S/C24H32BrN3O4S/c1-6-18(3)26-24(30)19(4)27(15-20-10-8-7-9-11-20)23(29)16-28(33(5,31)32)21-12-13-22(25)17(2)14-21/h7-14,18-19H,6,15-16H2,1-5H3,(H,26,30). The second kappa shape index (κ2) is 11.7. The SMILES string of the molecule is CCC(C)NC(=O)C(C)N(Cc1ccccc1)C(=O)CN(c1ccc(Br)c(C)c1)S(C)(=O)=O. The molecule has 2 aromatic carbocycles. The van der Waals surface area contributed by atoms with Crippen LogP contribution in [-0.2, 0) is 26.2 Å². The molecule has 0 saturated carbocycles. The van der Waals surface area contributed by atoms with Crippen molar-refractivity contribution in [2.75, 3.05) is 17.1 Å². The number of sulfonamides is 1. The largest absolute Gasteiger partial charge is 0.352 e. The molecule has 0 saturated heterocycles. The summed E-state index contributed by atoms with van der Waals surface area (Å²) in [6, 6.07) is 13.6. The third-order valence-corrected chi connectivity index (χ3v) is 7.50. The third-order valence-electron chi connectivity index (χ3n) is 5.47. The fraction of sp³-hybridized carbons (Fsp3) is 0.417. The summed E-state index contributed by atoms with van der Waals surface area (Å²) in [7, 11) is -3.75. The van der Waals surface area contributed by atoms with E-state index >= 15 is 0 Å². The Morgan fingerprint density at radius 1 is 1.09 bits per heavy atom. The molecule has 2 amide bonds. The van der Waals surface area contributed by atoms with Crippen molar-refractivity contribution in [2.45, 2.75) is 52.7 Å². The van der Waals surface area contributed by atoms with Crippen molar-refractivity contribution in [1.82, 2.24) is 10.2 Å². The highest BCUT2D eigenvalue weighted by atomic mass is 79.9. The van der Waals surface area contributed by atoms with E-state index in [2.05, 4.69) is 21.2 Å². The lowest BCUT2D eigenvalue weighted by Gasteiger charge is -2.32. The average molecular weight is 539 g/mol. The van der Waals surface area contributed by atoms with E-state index < -0.39 is 28.5 Å². The lowest BCUT2D eigenvalue weighted by atomic mass is 10.1. The van der Waals surface area contributed by atoms with Crippen LogP contribution in [0.2, 0.25) is 0 Å². The minimum atomic E-state index is -3.75. The molecule has 2 unspecified atom stereocenters. The summed E-state index contributed by atoms with van der Waals surface area (Å²) in [6.07, 6.45) is 1.83. The number of nitrogens with zero attached hydrogens (tertiary/aromatic N) is 2. The van der Waals surface area contributed by atoms with E-state index in [9.17, 15) is 18.0 Å². The summed E-state index contributed by atoms with van der Waals surface area (Å²) >= 11 is 3.41. The van der Waals surface area contributed by atoms with Crippen molar-refractivity contribution in [3.8, 4) is 0 Å². The Bertz CT molecular complexity index is 1080. The maximum Gasteiger partial charge on any atom is 0.244 e. The molecule has 1 N–H and O–H groups in total. The topological polar surface area (TPSA) is 86.8 Å². The quantitative estimate of drug-likeness (QED) is 0.498. The van der Waals surface area contributed by atoms with Crippen LogP contribution in [0.1, 0.15) is 38.3 Å². The number of aryl methyl sites for hydroxylation is 1. The first-order chi connectivity index (χ1) is 15.4. The minimum Gasteiger partial charge on any atom is -0.352 e. The Kier molecular flexibility index (Phi) is 9.48. The number of hydrogen-bond donors (Lipinski definition) is 1. The van der Waals surface area contributed by atoms with Gasteiger partial charge in [-0.1, -0.05) is 53.2 Å². The molecule has 0 spiro atoms. The zero-order valence-corrected chi connectivity index (χ0v) is 22.1. The molecule has 2 atom stereocenters. The highest BCUT2D eigenvalue weighted by Gasteiger charge is 2.30. The van der Waals surface area contributed by atoms with Crippen molar-refractivity contribution in [3.63, 3.8) is 0 Å². The van der Waals surface area contributed by atoms with Gasteiger partial charge in [0.15, 0.2) is 0 Å². The van der Waals surface area contributed by atoms with Crippen LogP contribution < -0.4 is 9.62 Å². The molecular weight excluding hydrogens is 506 g/mol. The second-order valence-electron chi connectivity index (χ2n) is 8.20. The van der Waals surface area contributed by atoms with Gasteiger partial charge < -0.3 is 10.2 Å². The normalized spacial score (nSPS) is 13.2. The fourth-order valence-electron chi connectivity index (χ4n) is 3.23. The van der Waals surface area contributed by atoms with Crippen molar-refractivity contribution in [1.29, 1.82) is 0 Å². The molecule has 0 aliphatic heterocycles. The summed E-state index contributed by atoms with van der Waals surface area (Å²) in [5.41, 5.74) is 2.08. The second-order valence-corrected chi connectivity index (χ2v) is 11.0. The summed E-state index contributed by atoms with van der Waals surface area (Å²) in [4.78, 5) is 27.7. The van der Waals surface area contributed by atoms with Crippen LogP contribution in [0.5, 0.6) is 0 Å². The van der Waals surface area contributed by atoms with Gasteiger partial charge >= 0.3 is 0 Å². The van der Waals surface area contributed by atoms with E-state index in [-0.39, 0.29) is 18.5 Å². The summed E-state index contributed by atoms with van der Waals surface area (Å²) in [5, 5.41) is 2.91. The van der Waals surface area contributed by atoms with Gasteiger partial charge in [0.1, 0.15) is 12.6 Å². The van der Waals surface area contributed by atoms with Crippen LogP contribution in [0.4, 0.5) is 5.69 Å². The number of halogens is 1. The van der Waals surface area contributed by atoms with Gasteiger partial charge in [-0.05, 0) is 56.5 Å². The molecule has 0 aliphatic rings. The van der Waals surface area contributed by atoms with Crippen LogP contribution in [-0.4, -0.2) is 50.0 Å². The zero-order chi connectivity index (χ0) is 24.8. The Labute approximate surface area is 205 Å². The highest BCUT2D eigenvalue weighted by molar-refractivity contribution is 9.10. The van der Waals surface area contributed by atoms with E-state index in [1.165, 1.54) is 4.90 Å². The number of hydrogen-bond acceptors (Lipinski definition) is 4. The van der Waals surface area contributed by atoms with Crippen LogP contribution >= 0.6 is 15.9 Å². The molecule has 9 heteroatoms. The number of anilines is 1. The molecule has 33 heavy (non-hydrogen) atoms. The Morgan fingerprint density at radius 2 is 1.73 bits per heavy atom. The molecule has 2 aromatic rings. The predicted molar refractivity (Wildman–Crippen MR) is 135 cm³/mol. The number of nitrogens with one attached hydrogen (secondary N) is 1. The van der Waals surface area contributed by atoms with Gasteiger partial charge in [-0.2, -0.15) is 0 Å². The lowest BCUT2D eigenvalue weighted by Crippen LogP contribution is -2.52. The summed E-state index contributed by atoms with van der Waals surface area (Å²) in [6.45, 7) is 7.15. The Balaban J connectivity index is 2.38. The van der Waals surface area contributed by atoms with Gasteiger partial charge in [-0.25, -0.2) is 8.42 Å². The van der Waals surface area contributed by atoms with Crippen LogP contribution in [0, 0.1) is 6.92 Å².